The fourth-order valence-corrected chi connectivity index (χ4v) is 4.26. The number of unbranched alkanes of at least 4 members (excludes halogenated alkanes) is 1. The third-order valence-electron chi connectivity index (χ3n) is 5.02. The maximum atomic E-state index is 12.2. The number of thiazole rings is 1. The van der Waals surface area contributed by atoms with Gasteiger partial charge in [0.15, 0.2) is 0 Å². The second kappa shape index (κ2) is 9.79. The number of carbonyl (C=O) groups excluding carboxylic acids is 1. The molecular formula is C23H33N3O3S. The Bertz CT molecular complexity index is 856. The molecule has 164 valence electrons. The molecule has 1 aliphatic carbocycles. The summed E-state index contributed by atoms with van der Waals surface area (Å²) >= 11 is 1.65. The molecule has 0 aliphatic heterocycles. The Kier molecular flexibility index (Phi) is 7.36. The minimum atomic E-state index is -0.523. The van der Waals surface area contributed by atoms with Crippen molar-refractivity contribution >= 4 is 23.1 Å². The first-order valence-corrected chi connectivity index (χ1v) is 11.5. The first kappa shape index (κ1) is 22.6. The standard InChI is InChI=1S/C23H33N3O3S/c1-16-21(30-15-25-16)17-7-8-18(14-24-22(28)29-23(2,3)4)20(13-17)26(19-9-10-19)11-5-6-12-27/h7-8,13,15,19,27H,5-6,9-12,14H2,1-4H3,(H,24,28). The molecule has 1 amide bonds. The molecule has 1 aliphatic rings. The van der Waals surface area contributed by atoms with Gasteiger partial charge in [0.25, 0.3) is 0 Å². The van der Waals surface area contributed by atoms with E-state index in [0.717, 1.165) is 41.9 Å². The van der Waals surface area contributed by atoms with Crippen molar-refractivity contribution in [3.05, 3.63) is 35.0 Å². The fourth-order valence-electron chi connectivity index (χ4n) is 3.46. The molecular weight excluding hydrogens is 398 g/mol. The SMILES string of the molecule is Cc1ncsc1-c1ccc(CNC(=O)OC(C)(C)C)c(N(CCCCO)C2CC2)c1. The molecule has 1 aromatic carbocycles. The summed E-state index contributed by atoms with van der Waals surface area (Å²) in [7, 11) is 0. The molecule has 0 atom stereocenters. The molecule has 0 spiro atoms. The van der Waals surface area contributed by atoms with Gasteiger partial charge in [0.2, 0.25) is 0 Å². The van der Waals surface area contributed by atoms with Crippen LogP contribution in [0.2, 0.25) is 0 Å². The van der Waals surface area contributed by atoms with Crippen LogP contribution >= 0.6 is 11.3 Å². The molecule has 6 nitrogen and oxygen atoms in total. The van der Waals surface area contributed by atoms with E-state index in [2.05, 4.69) is 33.4 Å². The van der Waals surface area contributed by atoms with E-state index in [1.165, 1.54) is 17.7 Å². The maximum Gasteiger partial charge on any atom is 0.407 e. The van der Waals surface area contributed by atoms with Crippen LogP contribution in [-0.2, 0) is 11.3 Å². The number of ether oxygens (including phenoxy) is 1. The number of aromatic nitrogens is 1. The van der Waals surface area contributed by atoms with E-state index in [4.69, 9.17) is 4.74 Å². The van der Waals surface area contributed by atoms with Crippen molar-refractivity contribution in [2.24, 2.45) is 0 Å². The van der Waals surface area contributed by atoms with Crippen LogP contribution in [0.3, 0.4) is 0 Å². The highest BCUT2D eigenvalue weighted by Crippen LogP contribution is 2.37. The summed E-state index contributed by atoms with van der Waals surface area (Å²) in [5.41, 5.74) is 5.76. The number of hydrogen-bond donors (Lipinski definition) is 2. The minimum absolute atomic E-state index is 0.214. The monoisotopic (exact) mass is 431 g/mol. The number of nitrogens with zero attached hydrogens (tertiary/aromatic N) is 2. The second-order valence-electron chi connectivity index (χ2n) is 8.82. The van der Waals surface area contributed by atoms with Crippen LogP contribution in [0.5, 0.6) is 0 Å². The number of rotatable bonds is 9. The quantitative estimate of drug-likeness (QED) is 0.553. The number of alkyl carbamates (subject to hydrolysis) is 1. The van der Waals surface area contributed by atoms with Gasteiger partial charge in [-0.2, -0.15) is 0 Å². The van der Waals surface area contributed by atoms with Gasteiger partial charge in [-0.05, 0) is 70.6 Å². The van der Waals surface area contributed by atoms with Gasteiger partial charge in [-0.25, -0.2) is 9.78 Å². The smallest absolute Gasteiger partial charge is 0.407 e. The van der Waals surface area contributed by atoms with Gasteiger partial charge in [0.1, 0.15) is 5.60 Å². The largest absolute Gasteiger partial charge is 0.444 e. The van der Waals surface area contributed by atoms with Crippen molar-refractivity contribution in [2.45, 2.75) is 71.6 Å². The van der Waals surface area contributed by atoms with Crippen LogP contribution in [0.1, 0.15) is 57.7 Å². The van der Waals surface area contributed by atoms with Crippen molar-refractivity contribution in [2.75, 3.05) is 18.1 Å². The summed E-state index contributed by atoms with van der Waals surface area (Å²) in [6, 6.07) is 6.96. The van der Waals surface area contributed by atoms with E-state index in [0.29, 0.717) is 12.6 Å². The molecule has 1 fully saturated rings. The normalized spacial score (nSPS) is 13.9. The number of hydrogen-bond acceptors (Lipinski definition) is 6. The van der Waals surface area contributed by atoms with Gasteiger partial charge in [-0.3, -0.25) is 0 Å². The zero-order valence-corrected chi connectivity index (χ0v) is 19.2. The third-order valence-corrected chi connectivity index (χ3v) is 6.00. The van der Waals surface area contributed by atoms with Crippen LogP contribution in [0.25, 0.3) is 10.4 Å². The Morgan fingerprint density at radius 1 is 1.33 bits per heavy atom. The van der Waals surface area contributed by atoms with E-state index in [-0.39, 0.29) is 6.61 Å². The number of benzene rings is 1. The molecule has 0 radical (unpaired) electrons. The Morgan fingerprint density at radius 3 is 2.70 bits per heavy atom. The Hall–Kier alpha value is -2.12. The van der Waals surface area contributed by atoms with E-state index >= 15 is 0 Å². The molecule has 2 N–H and O–H groups in total. The molecule has 0 bridgehead atoms. The molecule has 1 saturated carbocycles. The fraction of sp³-hybridized carbons (Fsp3) is 0.565. The van der Waals surface area contributed by atoms with Gasteiger partial charge in [0.05, 0.1) is 16.1 Å². The predicted molar refractivity (Wildman–Crippen MR) is 122 cm³/mol. The predicted octanol–water partition coefficient (Wildman–Crippen LogP) is 4.88. The van der Waals surface area contributed by atoms with Crippen LogP contribution in [-0.4, -0.2) is 41.0 Å². The summed E-state index contributed by atoms with van der Waals surface area (Å²) in [4.78, 5) is 20.2. The molecule has 2 aromatic rings. The summed E-state index contributed by atoms with van der Waals surface area (Å²) in [6.07, 6.45) is 3.69. The number of aryl methyl sites for hydroxylation is 1. The summed E-state index contributed by atoms with van der Waals surface area (Å²) in [5, 5.41) is 12.1. The van der Waals surface area contributed by atoms with E-state index in [9.17, 15) is 9.90 Å². The van der Waals surface area contributed by atoms with Crippen molar-refractivity contribution < 1.29 is 14.6 Å². The lowest BCUT2D eigenvalue weighted by Gasteiger charge is -2.28. The number of aliphatic hydroxyl groups excluding tert-OH is 1. The van der Waals surface area contributed by atoms with Gasteiger partial charge in [-0.15, -0.1) is 11.3 Å². The lowest BCUT2D eigenvalue weighted by molar-refractivity contribution is 0.0523. The minimum Gasteiger partial charge on any atom is -0.444 e. The highest BCUT2D eigenvalue weighted by Gasteiger charge is 2.30. The Balaban J connectivity index is 1.86. The molecule has 0 unspecified atom stereocenters. The third kappa shape index (κ3) is 6.19. The molecule has 3 rings (SSSR count). The van der Waals surface area contributed by atoms with Crippen LogP contribution in [0.4, 0.5) is 10.5 Å². The van der Waals surface area contributed by atoms with Crippen molar-refractivity contribution in [1.82, 2.24) is 10.3 Å². The zero-order valence-electron chi connectivity index (χ0n) is 18.4. The van der Waals surface area contributed by atoms with E-state index in [1.807, 2.05) is 33.2 Å². The van der Waals surface area contributed by atoms with Gasteiger partial charge >= 0.3 is 6.09 Å². The van der Waals surface area contributed by atoms with Crippen LogP contribution in [0, 0.1) is 6.92 Å². The summed E-state index contributed by atoms with van der Waals surface area (Å²) in [6.45, 7) is 9.14. The van der Waals surface area contributed by atoms with Crippen molar-refractivity contribution in [3.8, 4) is 10.4 Å². The van der Waals surface area contributed by atoms with Crippen molar-refractivity contribution in [3.63, 3.8) is 0 Å². The highest BCUT2D eigenvalue weighted by atomic mass is 32.1. The van der Waals surface area contributed by atoms with Gasteiger partial charge in [0, 0.05) is 31.4 Å². The summed E-state index contributed by atoms with van der Waals surface area (Å²) < 4.78 is 5.40. The zero-order chi connectivity index (χ0) is 21.7. The molecule has 30 heavy (non-hydrogen) atoms. The molecule has 0 saturated heterocycles. The number of nitrogens with one attached hydrogen (secondary N) is 1. The molecule has 7 heteroatoms. The average molecular weight is 432 g/mol. The first-order valence-electron chi connectivity index (χ1n) is 10.7. The summed E-state index contributed by atoms with van der Waals surface area (Å²) in [5.74, 6) is 0. The lowest BCUT2D eigenvalue weighted by Crippen LogP contribution is -2.33. The van der Waals surface area contributed by atoms with Gasteiger partial charge in [-0.1, -0.05) is 12.1 Å². The average Bonchev–Trinajstić information content (AvgIpc) is 3.42. The molecule has 1 heterocycles. The number of anilines is 1. The van der Waals surface area contributed by atoms with Gasteiger partial charge < -0.3 is 20.1 Å². The van der Waals surface area contributed by atoms with E-state index in [1.54, 1.807) is 11.3 Å². The number of amides is 1. The molecule has 1 aromatic heterocycles. The van der Waals surface area contributed by atoms with Crippen LogP contribution in [0.15, 0.2) is 23.7 Å². The Labute approximate surface area is 183 Å². The maximum absolute atomic E-state index is 12.2. The lowest BCUT2D eigenvalue weighted by atomic mass is 10.0. The number of aliphatic hydroxyl groups is 1. The van der Waals surface area contributed by atoms with E-state index < -0.39 is 11.7 Å². The first-order chi connectivity index (χ1) is 14.3. The second-order valence-corrected chi connectivity index (χ2v) is 9.68. The van der Waals surface area contributed by atoms with Crippen molar-refractivity contribution in [1.29, 1.82) is 0 Å². The van der Waals surface area contributed by atoms with Crippen LogP contribution < -0.4 is 10.2 Å². The number of carbonyl (C=O) groups is 1. The topological polar surface area (TPSA) is 74.7 Å². The highest BCUT2D eigenvalue weighted by molar-refractivity contribution is 7.13. The Morgan fingerprint density at radius 2 is 2.10 bits per heavy atom.